The van der Waals surface area contributed by atoms with Gasteiger partial charge in [0.05, 0.1) is 12.9 Å². The molecule has 3 aliphatic heterocycles. The van der Waals surface area contributed by atoms with E-state index in [-0.39, 0.29) is 69.7 Å². The summed E-state index contributed by atoms with van der Waals surface area (Å²) >= 11 is 0. The lowest BCUT2D eigenvalue weighted by Gasteiger charge is -2.34. The highest BCUT2D eigenvalue weighted by Crippen LogP contribution is 2.44. The van der Waals surface area contributed by atoms with E-state index >= 15 is 0 Å². The summed E-state index contributed by atoms with van der Waals surface area (Å²) in [5.41, 5.74) is 3.97. The number of rotatable bonds is 6. The molecule has 1 aromatic heterocycles. The number of hydrogen-bond donors (Lipinski definition) is 2. The molecule has 0 aromatic carbocycles. The maximum absolute atomic E-state index is 14.1. The van der Waals surface area contributed by atoms with Crippen molar-refractivity contribution in [1.82, 2.24) is 34.5 Å². The normalized spacial score (nSPS) is 23.3. The second kappa shape index (κ2) is 20.0. The maximum atomic E-state index is 14.1. The number of nitrogens with two attached hydrogens (primary N) is 1. The molecule has 0 unspecified atom stereocenters. The average molecular weight is 877 g/mol. The number of amides is 5. The van der Waals surface area contributed by atoms with Gasteiger partial charge < -0.3 is 59.1 Å². The van der Waals surface area contributed by atoms with Crippen LogP contribution in [0.3, 0.4) is 0 Å². The van der Waals surface area contributed by atoms with E-state index in [2.05, 4.69) is 27.0 Å². The van der Waals surface area contributed by atoms with E-state index in [9.17, 15) is 24.0 Å². The SMILES string of the molecule is C=Nc1c(C(N)=NC)ncn1[C@@H]1O[C@H](C(=O)NCC(=O)N2CCCN(C(=O)OC(C)(C)C)CCN(C(=O)OC(C)(C)C)CCCN(C(=O)OC(C)(C)C)CC2)[C@H]2OC(C)(C)O[C@H]21. The first kappa shape index (κ1) is 49.6. The third kappa shape index (κ3) is 13.7. The highest BCUT2D eigenvalue weighted by molar-refractivity contribution is 5.99. The summed E-state index contributed by atoms with van der Waals surface area (Å²) in [6.07, 6.45) is -3.40. The molecule has 3 aliphatic rings. The van der Waals surface area contributed by atoms with Gasteiger partial charge in [0.25, 0.3) is 5.91 Å². The van der Waals surface area contributed by atoms with Gasteiger partial charge in [-0.15, -0.1) is 0 Å². The fraction of sp³-hybridized carbons (Fsp3) is 0.756. The monoisotopic (exact) mass is 877 g/mol. The molecule has 4 atom stereocenters. The van der Waals surface area contributed by atoms with Crippen LogP contribution in [-0.4, -0.2) is 179 Å². The summed E-state index contributed by atoms with van der Waals surface area (Å²) < 4.78 is 37.3. The molecule has 0 bridgehead atoms. The second-order valence-corrected chi connectivity index (χ2v) is 18.8. The largest absolute Gasteiger partial charge is 0.444 e. The standard InChI is InChI=1S/C41H68N10O11/c1-38(2,3)60-35(54)48-18-15-19-50(37(56)62-40(7,8)9)23-22-49(36(55)61-39(4,5)6)17-14-16-47(20-21-48)26(52)24-45-33(53)29-28-30(59-41(10,11)58-28)34(57-29)51-25-46-27(31(42)43-12)32(51)44-13/h25,28-30,34H,13-24H2,1-12H3,(H2,42,43)(H,45,53)/t28-,29+,30-,34-/m1/s1. The summed E-state index contributed by atoms with van der Waals surface area (Å²) in [6, 6.07) is 0. The Hall–Kier alpha value is -5.02. The van der Waals surface area contributed by atoms with E-state index in [1.54, 1.807) is 80.7 Å². The first-order valence-corrected chi connectivity index (χ1v) is 21.0. The molecule has 21 nitrogen and oxygen atoms in total. The molecule has 62 heavy (non-hydrogen) atoms. The van der Waals surface area contributed by atoms with Crippen molar-refractivity contribution < 1.29 is 52.4 Å². The zero-order valence-corrected chi connectivity index (χ0v) is 38.5. The van der Waals surface area contributed by atoms with Crippen LogP contribution in [0.2, 0.25) is 0 Å². The summed E-state index contributed by atoms with van der Waals surface area (Å²) in [4.78, 5) is 86.7. The number of carbonyl (C=O) groups is 5. The van der Waals surface area contributed by atoms with E-state index < -0.39 is 83.8 Å². The summed E-state index contributed by atoms with van der Waals surface area (Å²) in [7, 11) is 1.51. The van der Waals surface area contributed by atoms with Crippen LogP contribution in [0.15, 0.2) is 16.3 Å². The Kier molecular flexibility index (Phi) is 16.0. The maximum Gasteiger partial charge on any atom is 0.410 e. The second-order valence-electron chi connectivity index (χ2n) is 18.8. The summed E-state index contributed by atoms with van der Waals surface area (Å²) in [6.45, 7) is 23.6. The predicted molar refractivity (Wildman–Crippen MR) is 228 cm³/mol. The van der Waals surface area contributed by atoms with Gasteiger partial charge in [-0.05, 0) is 95.7 Å². The van der Waals surface area contributed by atoms with Crippen LogP contribution in [0.1, 0.15) is 101 Å². The Morgan fingerprint density at radius 1 is 0.774 bits per heavy atom. The highest BCUT2D eigenvalue weighted by Gasteiger charge is 2.58. The Balaban J connectivity index is 1.55. The van der Waals surface area contributed by atoms with Crippen LogP contribution in [0.25, 0.3) is 0 Å². The minimum atomic E-state index is -1.20. The van der Waals surface area contributed by atoms with Crippen molar-refractivity contribution in [1.29, 1.82) is 0 Å². The Labute approximate surface area is 364 Å². The van der Waals surface area contributed by atoms with Gasteiger partial charge in [-0.1, -0.05) is 0 Å². The van der Waals surface area contributed by atoms with Gasteiger partial charge in [0.2, 0.25) is 5.91 Å². The van der Waals surface area contributed by atoms with Gasteiger partial charge >= 0.3 is 18.3 Å². The Bertz CT molecular complexity index is 1810. The van der Waals surface area contributed by atoms with Gasteiger partial charge in [-0.2, -0.15) is 0 Å². The van der Waals surface area contributed by atoms with Crippen LogP contribution in [0.5, 0.6) is 0 Å². The number of ether oxygens (including phenoxy) is 6. The lowest BCUT2D eigenvalue weighted by Crippen LogP contribution is -2.50. The molecule has 0 saturated carbocycles. The number of carbonyl (C=O) groups excluding carboxylic acids is 5. The van der Waals surface area contributed by atoms with Gasteiger partial charge in [-0.3, -0.25) is 19.1 Å². The van der Waals surface area contributed by atoms with Crippen LogP contribution in [-0.2, 0) is 38.0 Å². The lowest BCUT2D eigenvalue weighted by molar-refractivity contribution is -0.197. The molecule has 3 N–H and O–H groups in total. The number of nitrogens with one attached hydrogen (secondary N) is 1. The first-order valence-electron chi connectivity index (χ1n) is 21.0. The van der Waals surface area contributed by atoms with Crippen LogP contribution in [0, 0.1) is 0 Å². The number of amidine groups is 1. The van der Waals surface area contributed by atoms with Crippen molar-refractivity contribution in [2.45, 2.75) is 136 Å². The third-order valence-corrected chi connectivity index (χ3v) is 9.68. The first-order chi connectivity index (χ1) is 28.7. The molecule has 0 aliphatic carbocycles. The summed E-state index contributed by atoms with van der Waals surface area (Å²) in [5, 5.41) is 2.72. The Morgan fingerprint density at radius 3 is 1.65 bits per heavy atom. The van der Waals surface area contributed by atoms with E-state index in [1.807, 2.05) is 0 Å². The molecule has 0 radical (unpaired) electrons. The van der Waals surface area contributed by atoms with Crippen LogP contribution in [0.4, 0.5) is 20.2 Å². The minimum absolute atomic E-state index is 0.0680. The van der Waals surface area contributed by atoms with Gasteiger partial charge in [-0.25, -0.2) is 24.4 Å². The number of fused-ring (bicyclic) bond motifs is 1. The van der Waals surface area contributed by atoms with E-state index in [1.165, 1.54) is 33.0 Å². The zero-order chi connectivity index (χ0) is 46.4. The molecule has 3 saturated heterocycles. The van der Waals surface area contributed by atoms with Crippen molar-refractivity contribution in [3.05, 3.63) is 12.0 Å². The van der Waals surface area contributed by atoms with Crippen LogP contribution >= 0.6 is 0 Å². The van der Waals surface area contributed by atoms with E-state index in [0.717, 1.165) is 0 Å². The summed E-state index contributed by atoms with van der Waals surface area (Å²) in [5.74, 6) is -1.75. The molecule has 21 heteroatoms. The molecular formula is C41H68N10O11. The number of aromatic nitrogens is 2. The fourth-order valence-corrected chi connectivity index (χ4v) is 6.98. The van der Waals surface area contributed by atoms with Crippen molar-refractivity contribution in [3.63, 3.8) is 0 Å². The number of nitrogens with zero attached hydrogens (tertiary/aromatic N) is 8. The van der Waals surface area contributed by atoms with Crippen molar-refractivity contribution in [3.8, 4) is 0 Å². The number of aliphatic imine (C=N–C) groups is 2. The molecular weight excluding hydrogens is 809 g/mol. The number of imidazole rings is 1. The molecule has 1 aromatic rings. The van der Waals surface area contributed by atoms with Crippen LogP contribution < -0.4 is 11.1 Å². The molecule has 4 rings (SSSR count). The van der Waals surface area contributed by atoms with E-state index in [4.69, 9.17) is 34.2 Å². The number of hydrogen-bond acceptors (Lipinski definition) is 14. The lowest BCUT2D eigenvalue weighted by atomic mass is 10.1. The predicted octanol–water partition coefficient (Wildman–Crippen LogP) is 3.42. The van der Waals surface area contributed by atoms with Crippen molar-refractivity contribution in [2.24, 2.45) is 15.7 Å². The highest BCUT2D eigenvalue weighted by atomic mass is 16.8. The van der Waals surface area contributed by atoms with Crippen molar-refractivity contribution >= 4 is 48.5 Å². The minimum Gasteiger partial charge on any atom is -0.444 e. The molecule has 348 valence electrons. The van der Waals surface area contributed by atoms with Gasteiger partial charge in [0.15, 0.2) is 23.9 Å². The van der Waals surface area contributed by atoms with E-state index in [0.29, 0.717) is 12.8 Å². The zero-order valence-electron chi connectivity index (χ0n) is 38.5. The smallest absolute Gasteiger partial charge is 0.410 e. The van der Waals surface area contributed by atoms with Crippen molar-refractivity contribution in [2.75, 3.05) is 66.0 Å². The average Bonchev–Trinajstić information content (AvgIpc) is 3.81. The molecule has 4 heterocycles. The van der Waals surface area contributed by atoms with Gasteiger partial charge in [0.1, 0.15) is 40.5 Å². The Morgan fingerprint density at radius 2 is 1.21 bits per heavy atom. The van der Waals surface area contributed by atoms with Gasteiger partial charge in [0, 0.05) is 59.4 Å². The molecule has 0 spiro atoms. The fourth-order valence-electron chi connectivity index (χ4n) is 6.98. The molecule has 3 fully saturated rings. The molecule has 5 amide bonds. The quantitative estimate of drug-likeness (QED) is 0.237. The third-order valence-electron chi connectivity index (χ3n) is 9.68. The topological polar surface area (TPSA) is 234 Å².